The predicted octanol–water partition coefficient (Wildman–Crippen LogP) is 5.38. The first-order valence-electron chi connectivity index (χ1n) is 13.7. The molecule has 3 heterocycles. The van der Waals surface area contributed by atoms with Gasteiger partial charge in [-0.3, -0.25) is 24.7 Å². The Morgan fingerprint density at radius 1 is 1.12 bits per heavy atom. The number of ether oxygens (including phenoxy) is 1. The number of hydrogen-bond acceptors (Lipinski definition) is 6. The van der Waals surface area contributed by atoms with Gasteiger partial charge in [0.25, 0.3) is 0 Å². The van der Waals surface area contributed by atoms with Gasteiger partial charge < -0.3 is 9.30 Å². The molecule has 1 aromatic heterocycles. The van der Waals surface area contributed by atoms with Crippen molar-refractivity contribution in [2.45, 2.75) is 38.9 Å². The fourth-order valence-electron chi connectivity index (χ4n) is 5.61. The van der Waals surface area contributed by atoms with Crippen LogP contribution in [0.5, 0.6) is 5.75 Å². The van der Waals surface area contributed by atoms with Crippen molar-refractivity contribution in [1.29, 1.82) is 0 Å². The van der Waals surface area contributed by atoms with E-state index in [0.29, 0.717) is 60.2 Å². The van der Waals surface area contributed by atoms with Crippen molar-refractivity contribution in [1.82, 2.24) is 19.8 Å². The molecule has 3 aromatic rings. The number of benzene rings is 2. The van der Waals surface area contributed by atoms with Gasteiger partial charge >= 0.3 is 6.03 Å². The highest BCUT2D eigenvalue weighted by Crippen LogP contribution is 2.32. The summed E-state index contributed by atoms with van der Waals surface area (Å²) in [5.41, 5.74) is 5.03. The molecule has 0 bridgehead atoms. The molecule has 0 spiro atoms. The largest absolute Gasteiger partial charge is 0.489 e. The molecule has 11 heteroatoms. The van der Waals surface area contributed by atoms with E-state index in [-0.39, 0.29) is 24.8 Å². The lowest BCUT2D eigenvalue weighted by molar-refractivity contribution is -0.120. The first-order chi connectivity index (χ1) is 20.3. The van der Waals surface area contributed by atoms with Crippen LogP contribution in [0, 0.1) is 0 Å². The van der Waals surface area contributed by atoms with Crippen LogP contribution in [-0.2, 0) is 31.5 Å². The standard InChI is InChI=1S/C31H29ClFN5O4/c1-36-29(38-10-9-28(40)35-31(38)41)13-34-30(36)19-5-6-20-14-37(16-22(20)11-19)15-21-7-8-24(12-23(21)17-39)42-18-25-26(32)3-2-4-27(25)33/h4-8,11-13,17H,2-3,9-10,14-16,18H2,1H3,(H,35,40,41). The number of halogens is 2. The zero-order valence-electron chi connectivity index (χ0n) is 23.0. The molecule has 216 valence electrons. The maximum absolute atomic E-state index is 14.1. The van der Waals surface area contributed by atoms with Crippen LogP contribution in [0.15, 0.2) is 65.1 Å². The molecular formula is C31H29ClFN5O4. The summed E-state index contributed by atoms with van der Waals surface area (Å²) >= 11 is 6.18. The summed E-state index contributed by atoms with van der Waals surface area (Å²) in [7, 11) is 1.85. The number of anilines is 1. The molecule has 6 rings (SSSR count). The summed E-state index contributed by atoms with van der Waals surface area (Å²) < 4.78 is 21.8. The third-order valence-corrected chi connectivity index (χ3v) is 8.29. The zero-order chi connectivity index (χ0) is 29.4. The van der Waals surface area contributed by atoms with Crippen molar-refractivity contribution in [2.75, 3.05) is 18.1 Å². The number of rotatable bonds is 8. The molecule has 1 fully saturated rings. The van der Waals surface area contributed by atoms with E-state index in [1.807, 2.05) is 23.7 Å². The van der Waals surface area contributed by atoms with E-state index in [1.54, 1.807) is 18.3 Å². The molecule has 0 saturated carbocycles. The van der Waals surface area contributed by atoms with Crippen LogP contribution in [0.2, 0.25) is 0 Å². The van der Waals surface area contributed by atoms with Crippen LogP contribution < -0.4 is 15.0 Å². The molecule has 9 nitrogen and oxygen atoms in total. The van der Waals surface area contributed by atoms with Gasteiger partial charge in [0.05, 0.1) is 6.20 Å². The van der Waals surface area contributed by atoms with Crippen molar-refractivity contribution >= 4 is 35.6 Å². The summed E-state index contributed by atoms with van der Waals surface area (Å²) in [6, 6.07) is 11.1. The van der Waals surface area contributed by atoms with Crippen LogP contribution in [0.4, 0.5) is 15.0 Å². The molecular weight excluding hydrogens is 561 g/mol. The normalized spacial score (nSPS) is 17.3. The lowest BCUT2D eigenvalue weighted by atomic mass is 10.1. The van der Waals surface area contributed by atoms with Gasteiger partial charge in [-0.15, -0.1) is 0 Å². The second kappa shape index (κ2) is 11.5. The Labute approximate surface area is 247 Å². The van der Waals surface area contributed by atoms with Crippen molar-refractivity contribution in [3.8, 4) is 17.1 Å². The van der Waals surface area contributed by atoms with Gasteiger partial charge in [0.2, 0.25) is 5.91 Å². The minimum atomic E-state index is -0.447. The van der Waals surface area contributed by atoms with Gasteiger partial charge in [0.15, 0.2) is 6.29 Å². The molecule has 1 aliphatic carbocycles. The lowest BCUT2D eigenvalue weighted by Gasteiger charge is -2.26. The third-order valence-electron chi connectivity index (χ3n) is 7.87. The number of carbonyl (C=O) groups is 3. The van der Waals surface area contributed by atoms with E-state index < -0.39 is 6.03 Å². The Morgan fingerprint density at radius 2 is 1.95 bits per heavy atom. The number of aromatic nitrogens is 2. The highest BCUT2D eigenvalue weighted by Gasteiger charge is 2.28. The van der Waals surface area contributed by atoms with Gasteiger partial charge in [0.1, 0.15) is 29.8 Å². The Bertz CT molecular complexity index is 1660. The minimum Gasteiger partial charge on any atom is -0.489 e. The SMILES string of the molecule is Cn1c(N2CCC(=O)NC2=O)cnc1-c1ccc2c(c1)CN(Cc1ccc(OCC3=C(Cl)CCC=C3F)cc1C=O)C2. The fourth-order valence-corrected chi connectivity index (χ4v) is 5.86. The maximum atomic E-state index is 14.1. The fraction of sp³-hybridized carbons (Fsp3) is 0.290. The van der Waals surface area contributed by atoms with Crippen molar-refractivity contribution < 1.29 is 23.5 Å². The molecule has 0 radical (unpaired) electrons. The number of nitrogens with one attached hydrogen (secondary N) is 1. The number of imide groups is 1. The number of imidazole rings is 1. The van der Waals surface area contributed by atoms with E-state index in [2.05, 4.69) is 27.3 Å². The highest BCUT2D eigenvalue weighted by atomic mass is 35.5. The number of nitrogens with zero attached hydrogens (tertiary/aromatic N) is 4. The second-order valence-corrected chi connectivity index (χ2v) is 11.1. The molecule has 2 aromatic carbocycles. The van der Waals surface area contributed by atoms with Crippen molar-refractivity contribution in [2.24, 2.45) is 7.05 Å². The van der Waals surface area contributed by atoms with Gasteiger partial charge in [-0.25, -0.2) is 14.2 Å². The number of hydrogen-bond donors (Lipinski definition) is 1. The summed E-state index contributed by atoms with van der Waals surface area (Å²) in [5, 5.41) is 2.81. The van der Waals surface area contributed by atoms with E-state index in [1.165, 1.54) is 22.1 Å². The van der Waals surface area contributed by atoms with Crippen LogP contribution >= 0.6 is 11.6 Å². The van der Waals surface area contributed by atoms with E-state index >= 15 is 0 Å². The number of amides is 3. The van der Waals surface area contributed by atoms with Crippen LogP contribution in [-0.4, -0.2) is 45.8 Å². The molecule has 0 unspecified atom stereocenters. The number of fused-ring (bicyclic) bond motifs is 1. The minimum absolute atomic E-state index is 0.00493. The molecule has 3 aliphatic rings. The average Bonchev–Trinajstić information content (AvgIpc) is 3.55. The Hall–Kier alpha value is -4.28. The summed E-state index contributed by atoms with van der Waals surface area (Å²) in [5.74, 6) is 1.18. The molecule has 42 heavy (non-hydrogen) atoms. The molecule has 0 atom stereocenters. The first-order valence-corrected chi connectivity index (χ1v) is 14.1. The van der Waals surface area contributed by atoms with Crippen LogP contribution in [0.25, 0.3) is 11.4 Å². The lowest BCUT2D eigenvalue weighted by Crippen LogP contribution is -2.50. The van der Waals surface area contributed by atoms with E-state index in [9.17, 15) is 18.8 Å². The molecule has 1 saturated heterocycles. The van der Waals surface area contributed by atoms with E-state index in [0.717, 1.165) is 29.8 Å². The highest BCUT2D eigenvalue weighted by molar-refractivity contribution is 6.30. The third kappa shape index (κ3) is 5.47. The maximum Gasteiger partial charge on any atom is 0.329 e. The Kier molecular flexibility index (Phi) is 7.66. The van der Waals surface area contributed by atoms with Gasteiger partial charge in [-0.05, 0) is 53.8 Å². The predicted molar refractivity (Wildman–Crippen MR) is 156 cm³/mol. The average molecular weight is 590 g/mol. The number of allylic oxidation sites excluding steroid dienone is 2. The van der Waals surface area contributed by atoms with Crippen LogP contribution in [0.1, 0.15) is 46.3 Å². The Balaban J connectivity index is 1.13. The molecule has 1 N–H and O–H groups in total. The quantitative estimate of drug-likeness (QED) is 0.354. The zero-order valence-corrected chi connectivity index (χ0v) is 23.8. The number of aldehydes is 1. The topological polar surface area (TPSA) is 96.8 Å². The summed E-state index contributed by atoms with van der Waals surface area (Å²) in [6.07, 6.45) is 5.38. The molecule has 2 aliphatic heterocycles. The van der Waals surface area contributed by atoms with Crippen molar-refractivity contribution in [3.05, 3.63) is 87.4 Å². The summed E-state index contributed by atoms with van der Waals surface area (Å²) in [6.45, 7) is 2.32. The van der Waals surface area contributed by atoms with Gasteiger partial charge in [-0.1, -0.05) is 29.8 Å². The van der Waals surface area contributed by atoms with Crippen molar-refractivity contribution in [3.63, 3.8) is 0 Å². The van der Waals surface area contributed by atoms with Gasteiger partial charge in [-0.2, -0.15) is 0 Å². The van der Waals surface area contributed by atoms with Gasteiger partial charge in [0, 0.05) is 61.4 Å². The Morgan fingerprint density at radius 3 is 2.74 bits per heavy atom. The number of carbonyl (C=O) groups excluding carboxylic acids is 3. The summed E-state index contributed by atoms with van der Waals surface area (Å²) in [4.78, 5) is 44.1. The smallest absolute Gasteiger partial charge is 0.329 e. The first kappa shape index (κ1) is 27.9. The second-order valence-electron chi connectivity index (χ2n) is 10.6. The van der Waals surface area contributed by atoms with Crippen LogP contribution in [0.3, 0.4) is 0 Å². The number of urea groups is 1. The monoisotopic (exact) mass is 589 g/mol. The van der Waals surface area contributed by atoms with E-state index in [4.69, 9.17) is 16.3 Å². The molecule has 3 amide bonds.